The second kappa shape index (κ2) is 4.04. The molecule has 1 fully saturated rings. The van der Waals surface area contributed by atoms with Crippen molar-refractivity contribution in [2.24, 2.45) is 0 Å². The minimum Gasteiger partial charge on any atom is -0.497 e. The van der Waals surface area contributed by atoms with Crippen LogP contribution in [0.15, 0.2) is 18.2 Å². The van der Waals surface area contributed by atoms with Crippen molar-refractivity contribution in [2.75, 3.05) is 26.7 Å². The molecule has 2 heterocycles. The number of nitrogens with zero attached hydrogens (tertiary/aromatic N) is 1. The molecule has 0 saturated carbocycles. The van der Waals surface area contributed by atoms with Gasteiger partial charge in [0.15, 0.2) is 0 Å². The van der Waals surface area contributed by atoms with Crippen molar-refractivity contribution in [3.8, 4) is 5.75 Å². The Labute approximate surface area is 101 Å². The first kappa shape index (κ1) is 10.6. The molecule has 0 aliphatic carbocycles. The lowest BCUT2D eigenvalue weighted by Gasteiger charge is -2.40. The molecule has 4 nitrogen and oxygen atoms in total. The van der Waals surface area contributed by atoms with Gasteiger partial charge in [-0.1, -0.05) is 6.07 Å². The van der Waals surface area contributed by atoms with Crippen LogP contribution in [0.1, 0.15) is 17.2 Å². The monoisotopic (exact) mass is 232 g/mol. The normalized spacial score (nSPS) is 23.0. The molecule has 0 spiro atoms. The first-order valence-electron chi connectivity index (χ1n) is 5.96. The molecule has 2 aliphatic heterocycles. The number of rotatable bonds is 1. The van der Waals surface area contributed by atoms with E-state index in [0.29, 0.717) is 6.54 Å². The van der Waals surface area contributed by atoms with Gasteiger partial charge < -0.3 is 15.0 Å². The maximum absolute atomic E-state index is 11.8. The second-order valence-electron chi connectivity index (χ2n) is 4.55. The highest BCUT2D eigenvalue weighted by atomic mass is 16.5. The summed E-state index contributed by atoms with van der Waals surface area (Å²) in [4.78, 5) is 13.8. The van der Waals surface area contributed by atoms with Crippen LogP contribution >= 0.6 is 0 Å². The first-order chi connectivity index (χ1) is 8.29. The van der Waals surface area contributed by atoms with Gasteiger partial charge in [0.2, 0.25) is 5.91 Å². The lowest BCUT2D eigenvalue weighted by atomic mass is 9.91. The maximum Gasteiger partial charge on any atom is 0.237 e. The molecule has 1 saturated heterocycles. The van der Waals surface area contributed by atoms with E-state index in [9.17, 15) is 4.79 Å². The molecule has 0 radical (unpaired) electrons. The van der Waals surface area contributed by atoms with Crippen molar-refractivity contribution in [1.29, 1.82) is 0 Å². The van der Waals surface area contributed by atoms with Gasteiger partial charge in [-0.2, -0.15) is 0 Å². The van der Waals surface area contributed by atoms with Crippen LogP contribution in [0, 0.1) is 0 Å². The average Bonchev–Trinajstić information content (AvgIpc) is 2.38. The predicted molar refractivity (Wildman–Crippen MR) is 64.0 cm³/mol. The van der Waals surface area contributed by atoms with E-state index in [0.717, 1.165) is 25.3 Å². The molecule has 17 heavy (non-hydrogen) atoms. The summed E-state index contributed by atoms with van der Waals surface area (Å²) >= 11 is 0. The number of hydrogen-bond acceptors (Lipinski definition) is 3. The highest BCUT2D eigenvalue weighted by Crippen LogP contribution is 2.32. The van der Waals surface area contributed by atoms with Crippen LogP contribution in [-0.4, -0.2) is 37.6 Å². The van der Waals surface area contributed by atoms with Gasteiger partial charge in [0.25, 0.3) is 0 Å². The number of amides is 1. The lowest BCUT2D eigenvalue weighted by molar-refractivity contribution is -0.135. The molecule has 0 bridgehead atoms. The molecule has 1 aromatic carbocycles. The summed E-state index contributed by atoms with van der Waals surface area (Å²) in [6.45, 7) is 2.15. The van der Waals surface area contributed by atoms with E-state index >= 15 is 0 Å². The molecule has 0 aromatic heterocycles. The third-order valence-electron chi connectivity index (χ3n) is 3.64. The number of nitrogens with one attached hydrogen (secondary N) is 1. The van der Waals surface area contributed by atoms with E-state index in [-0.39, 0.29) is 11.9 Å². The van der Waals surface area contributed by atoms with Gasteiger partial charge in [-0.05, 0) is 29.7 Å². The van der Waals surface area contributed by atoms with Crippen molar-refractivity contribution >= 4 is 5.91 Å². The van der Waals surface area contributed by atoms with Crippen molar-refractivity contribution in [2.45, 2.75) is 12.5 Å². The SMILES string of the molecule is COc1ccc2c(c1)CCN1C(=O)CNCC21. The zero-order valence-corrected chi connectivity index (χ0v) is 9.90. The van der Waals surface area contributed by atoms with Crippen LogP contribution in [0.25, 0.3) is 0 Å². The third kappa shape index (κ3) is 1.69. The maximum atomic E-state index is 11.8. The van der Waals surface area contributed by atoms with Gasteiger partial charge in [0, 0.05) is 13.1 Å². The van der Waals surface area contributed by atoms with Crippen LogP contribution in [-0.2, 0) is 11.2 Å². The van der Waals surface area contributed by atoms with E-state index in [1.54, 1.807) is 7.11 Å². The Morgan fingerprint density at radius 2 is 2.35 bits per heavy atom. The summed E-state index contributed by atoms with van der Waals surface area (Å²) in [7, 11) is 1.68. The largest absolute Gasteiger partial charge is 0.497 e. The summed E-state index contributed by atoms with van der Waals surface area (Å²) in [6.07, 6.45) is 0.925. The van der Waals surface area contributed by atoms with Crippen LogP contribution in [0.3, 0.4) is 0 Å². The van der Waals surface area contributed by atoms with E-state index in [1.807, 2.05) is 11.0 Å². The molecular weight excluding hydrogens is 216 g/mol. The van der Waals surface area contributed by atoms with Crippen molar-refractivity contribution in [1.82, 2.24) is 10.2 Å². The van der Waals surface area contributed by atoms with E-state index in [1.165, 1.54) is 11.1 Å². The molecule has 1 N–H and O–H groups in total. The van der Waals surface area contributed by atoms with Gasteiger partial charge >= 0.3 is 0 Å². The fraction of sp³-hybridized carbons (Fsp3) is 0.462. The number of hydrogen-bond donors (Lipinski definition) is 1. The molecule has 2 aliphatic rings. The minimum atomic E-state index is 0.200. The number of benzene rings is 1. The summed E-state index contributed by atoms with van der Waals surface area (Å²) in [6, 6.07) is 6.35. The van der Waals surface area contributed by atoms with Crippen LogP contribution in [0.2, 0.25) is 0 Å². The van der Waals surface area contributed by atoms with Gasteiger partial charge in [0.05, 0.1) is 19.7 Å². The van der Waals surface area contributed by atoms with Crippen LogP contribution in [0.4, 0.5) is 0 Å². The van der Waals surface area contributed by atoms with Gasteiger partial charge in [-0.25, -0.2) is 0 Å². The Bertz CT molecular complexity index is 459. The zero-order chi connectivity index (χ0) is 11.8. The standard InChI is InChI=1S/C13H16N2O2/c1-17-10-2-3-11-9(6-10)4-5-15-12(11)7-14-8-13(15)16/h2-3,6,12,14H,4-5,7-8H2,1H3. The number of carbonyl (C=O) groups is 1. The molecule has 1 amide bonds. The van der Waals surface area contributed by atoms with Crippen LogP contribution < -0.4 is 10.1 Å². The third-order valence-corrected chi connectivity index (χ3v) is 3.64. The Hall–Kier alpha value is -1.55. The predicted octanol–water partition coefficient (Wildman–Crippen LogP) is 0.724. The fourth-order valence-electron chi connectivity index (χ4n) is 2.75. The molecule has 1 unspecified atom stereocenters. The topological polar surface area (TPSA) is 41.6 Å². The van der Waals surface area contributed by atoms with Gasteiger partial charge in [-0.15, -0.1) is 0 Å². The number of carbonyl (C=O) groups excluding carboxylic acids is 1. The molecule has 4 heteroatoms. The fourth-order valence-corrected chi connectivity index (χ4v) is 2.75. The quantitative estimate of drug-likeness (QED) is 0.776. The number of ether oxygens (including phenoxy) is 1. The molecule has 90 valence electrons. The summed E-state index contributed by atoms with van der Waals surface area (Å²) < 4.78 is 5.24. The van der Waals surface area contributed by atoms with E-state index in [2.05, 4.69) is 17.4 Å². The minimum absolute atomic E-state index is 0.200. The Balaban J connectivity index is 1.98. The summed E-state index contributed by atoms with van der Waals surface area (Å²) in [5, 5.41) is 3.18. The van der Waals surface area contributed by atoms with Gasteiger partial charge in [0.1, 0.15) is 5.75 Å². The lowest BCUT2D eigenvalue weighted by Crippen LogP contribution is -2.52. The van der Waals surface area contributed by atoms with Crippen LogP contribution in [0.5, 0.6) is 5.75 Å². The highest BCUT2D eigenvalue weighted by molar-refractivity contribution is 5.80. The van der Waals surface area contributed by atoms with E-state index < -0.39 is 0 Å². The molecular formula is C13H16N2O2. The Morgan fingerprint density at radius 1 is 1.47 bits per heavy atom. The van der Waals surface area contributed by atoms with Crippen molar-refractivity contribution in [3.05, 3.63) is 29.3 Å². The van der Waals surface area contributed by atoms with Gasteiger partial charge in [-0.3, -0.25) is 4.79 Å². The molecule has 1 aromatic rings. The Kier molecular flexibility index (Phi) is 2.52. The highest BCUT2D eigenvalue weighted by Gasteiger charge is 2.33. The summed E-state index contributed by atoms with van der Waals surface area (Å²) in [5.41, 5.74) is 2.57. The zero-order valence-electron chi connectivity index (χ0n) is 9.90. The number of methoxy groups -OCH3 is 1. The Morgan fingerprint density at radius 3 is 3.18 bits per heavy atom. The number of piperazine rings is 1. The summed E-state index contributed by atoms with van der Waals surface area (Å²) in [5.74, 6) is 1.11. The molecule has 3 rings (SSSR count). The second-order valence-corrected chi connectivity index (χ2v) is 4.55. The van der Waals surface area contributed by atoms with Crippen molar-refractivity contribution < 1.29 is 9.53 Å². The van der Waals surface area contributed by atoms with E-state index in [4.69, 9.17) is 4.74 Å². The smallest absolute Gasteiger partial charge is 0.237 e. The first-order valence-corrected chi connectivity index (χ1v) is 5.96. The number of fused-ring (bicyclic) bond motifs is 3. The molecule has 1 atom stereocenters. The average molecular weight is 232 g/mol. The van der Waals surface area contributed by atoms with Crippen molar-refractivity contribution in [3.63, 3.8) is 0 Å².